The Balaban J connectivity index is 2.50. The first kappa shape index (κ1) is 8.13. The molecule has 0 aliphatic heterocycles. The predicted octanol–water partition coefficient (Wildman–Crippen LogP) is -0.0310. The zero-order valence-corrected chi connectivity index (χ0v) is 7.18. The molecule has 4 nitrogen and oxygen atoms in total. The monoisotopic (exact) mass is 170 g/mol. The molecular formula is C6H8N3OS. The van der Waals surface area contributed by atoms with Crippen LogP contribution in [-0.4, -0.2) is 35.1 Å². The molecule has 1 heterocycles. The lowest BCUT2D eigenvalue weighted by molar-refractivity contribution is -0.127. The van der Waals surface area contributed by atoms with Gasteiger partial charge in [0, 0.05) is 14.1 Å². The Hall–Kier alpha value is -0.970. The molecule has 0 saturated heterocycles. The van der Waals surface area contributed by atoms with Crippen LogP contribution in [0, 0.1) is 5.51 Å². The van der Waals surface area contributed by atoms with Crippen molar-refractivity contribution < 1.29 is 4.79 Å². The number of carbonyl (C=O) groups is 1. The van der Waals surface area contributed by atoms with Crippen LogP contribution in [0.15, 0.2) is 0 Å². The molecule has 0 N–H and O–H groups in total. The molecule has 1 rings (SSSR count). The molecule has 5 heteroatoms. The highest BCUT2D eigenvalue weighted by Crippen LogP contribution is 2.02. The highest BCUT2D eigenvalue weighted by molar-refractivity contribution is 7.08. The van der Waals surface area contributed by atoms with Gasteiger partial charge in [-0.2, -0.15) is 0 Å². The van der Waals surface area contributed by atoms with Crippen LogP contribution in [0.25, 0.3) is 0 Å². The van der Waals surface area contributed by atoms with Crippen LogP contribution in [0.4, 0.5) is 0 Å². The van der Waals surface area contributed by atoms with Crippen LogP contribution in [0.2, 0.25) is 0 Å². The van der Waals surface area contributed by atoms with E-state index in [4.69, 9.17) is 0 Å². The minimum Gasteiger partial charge on any atom is -0.348 e. The zero-order valence-electron chi connectivity index (χ0n) is 6.37. The fourth-order valence-corrected chi connectivity index (χ4v) is 0.993. The molecule has 59 valence electrons. The number of hydrogen-bond donors (Lipinski definition) is 0. The summed E-state index contributed by atoms with van der Waals surface area (Å²) in [6, 6.07) is 0. The maximum Gasteiger partial charge on any atom is 0.229 e. The van der Waals surface area contributed by atoms with Crippen LogP contribution < -0.4 is 0 Å². The van der Waals surface area contributed by atoms with E-state index in [2.05, 4.69) is 15.7 Å². The molecule has 0 aliphatic carbocycles. The van der Waals surface area contributed by atoms with Gasteiger partial charge >= 0.3 is 0 Å². The summed E-state index contributed by atoms with van der Waals surface area (Å²) in [6.07, 6.45) is 0.328. The summed E-state index contributed by atoms with van der Waals surface area (Å²) in [5.41, 5.74) is 2.58. The second kappa shape index (κ2) is 3.43. The molecule has 0 spiro atoms. The van der Waals surface area contributed by atoms with E-state index in [9.17, 15) is 4.79 Å². The van der Waals surface area contributed by atoms with Crippen molar-refractivity contribution in [3.8, 4) is 0 Å². The molecule has 1 aromatic heterocycles. The first-order valence-electron chi connectivity index (χ1n) is 3.08. The molecule has 0 unspecified atom stereocenters. The summed E-state index contributed by atoms with van der Waals surface area (Å²) in [5, 5.41) is 7.92. The molecule has 1 amide bonds. The van der Waals surface area contributed by atoms with E-state index in [0.717, 1.165) is 0 Å². The third-order valence-electron chi connectivity index (χ3n) is 1.17. The van der Waals surface area contributed by atoms with E-state index in [0.29, 0.717) is 11.4 Å². The van der Waals surface area contributed by atoms with E-state index in [-0.39, 0.29) is 5.91 Å². The van der Waals surface area contributed by atoms with Crippen LogP contribution in [0.1, 0.15) is 5.01 Å². The molecular weight excluding hydrogens is 162 g/mol. The van der Waals surface area contributed by atoms with Crippen molar-refractivity contribution in [2.75, 3.05) is 14.1 Å². The number of amides is 1. The maximum atomic E-state index is 11.1. The second-order valence-corrected chi connectivity index (χ2v) is 3.11. The topological polar surface area (TPSA) is 46.1 Å². The van der Waals surface area contributed by atoms with Crippen LogP contribution >= 0.6 is 11.3 Å². The molecule has 11 heavy (non-hydrogen) atoms. The summed E-state index contributed by atoms with van der Waals surface area (Å²) in [7, 11) is 3.43. The molecule has 0 bridgehead atoms. The van der Waals surface area contributed by atoms with Gasteiger partial charge in [0.25, 0.3) is 0 Å². The van der Waals surface area contributed by atoms with E-state index in [1.165, 1.54) is 16.2 Å². The highest BCUT2D eigenvalue weighted by Gasteiger charge is 2.07. The predicted molar refractivity (Wildman–Crippen MR) is 41.1 cm³/mol. The maximum absolute atomic E-state index is 11.1. The van der Waals surface area contributed by atoms with Gasteiger partial charge in [-0.1, -0.05) is 11.3 Å². The first-order valence-corrected chi connectivity index (χ1v) is 3.90. The fourth-order valence-electron chi connectivity index (χ4n) is 0.529. The van der Waals surface area contributed by atoms with Gasteiger partial charge in [-0.25, -0.2) is 0 Å². The number of rotatable bonds is 2. The molecule has 0 saturated carbocycles. The Bertz CT molecular complexity index is 232. The smallest absolute Gasteiger partial charge is 0.229 e. The normalized spacial score (nSPS) is 9.64. The van der Waals surface area contributed by atoms with Crippen LogP contribution in [0.5, 0.6) is 0 Å². The average Bonchev–Trinajstić information content (AvgIpc) is 2.39. The van der Waals surface area contributed by atoms with Crippen molar-refractivity contribution in [2.24, 2.45) is 0 Å². The van der Waals surface area contributed by atoms with Gasteiger partial charge in [-0.05, 0) is 0 Å². The third-order valence-corrected chi connectivity index (χ3v) is 1.80. The number of aromatic nitrogens is 2. The van der Waals surface area contributed by atoms with Crippen molar-refractivity contribution in [1.82, 2.24) is 15.1 Å². The SMILES string of the molecule is CN(C)C(=O)Cc1nn[c]s1. The molecule has 1 radical (unpaired) electrons. The lowest BCUT2D eigenvalue weighted by Gasteiger charge is -2.07. The number of hydrogen-bond acceptors (Lipinski definition) is 4. The summed E-state index contributed by atoms with van der Waals surface area (Å²) in [5.74, 6) is 0.0372. The Morgan fingerprint density at radius 1 is 1.73 bits per heavy atom. The van der Waals surface area contributed by atoms with Crippen molar-refractivity contribution in [1.29, 1.82) is 0 Å². The average molecular weight is 170 g/mol. The highest BCUT2D eigenvalue weighted by atomic mass is 32.1. The molecule has 0 atom stereocenters. The van der Waals surface area contributed by atoms with Gasteiger partial charge in [0.15, 0.2) is 5.51 Å². The molecule has 1 aromatic rings. The fraction of sp³-hybridized carbons (Fsp3) is 0.500. The van der Waals surface area contributed by atoms with Gasteiger partial charge in [0.1, 0.15) is 5.01 Å². The number of nitrogens with zero attached hydrogens (tertiary/aromatic N) is 3. The van der Waals surface area contributed by atoms with E-state index < -0.39 is 0 Å². The Labute approximate surface area is 68.9 Å². The van der Waals surface area contributed by atoms with Crippen molar-refractivity contribution in [3.63, 3.8) is 0 Å². The molecule has 0 fully saturated rings. The standard InChI is InChI=1S/C6H8N3OS/c1-9(2)6(10)3-5-8-7-4-11-5/h3H2,1-2H3. The Morgan fingerprint density at radius 3 is 2.91 bits per heavy atom. The number of likely N-dealkylation sites (N-methyl/N-ethyl adjacent to an activating group) is 1. The van der Waals surface area contributed by atoms with E-state index >= 15 is 0 Å². The van der Waals surface area contributed by atoms with Gasteiger partial charge < -0.3 is 4.90 Å². The van der Waals surface area contributed by atoms with Crippen LogP contribution in [-0.2, 0) is 11.2 Å². The van der Waals surface area contributed by atoms with Gasteiger partial charge in [-0.15, -0.1) is 10.2 Å². The summed E-state index contributed by atoms with van der Waals surface area (Å²) in [4.78, 5) is 12.6. The number of carbonyl (C=O) groups excluding carboxylic acids is 1. The first-order chi connectivity index (χ1) is 5.20. The minimum atomic E-state index is 0.0372. The van der Waals surface area contributed by atoms with Gasteiger partial charge in [0.05, 0.1) is 6.42 Å². The van der Waals surface area contributed by atoms with Crippen LogP contribution in [0.3, 0.4) is 0 Å². The summed E-state index contributed by atoms with van der Waals surface area (Å²) < 4.78 is 0. The zero-order chi connectivity index (χ0) is 8.27. The van der Waals surface area contributed by atoms with Crippen molar-refractivity contribution in [3.05, 3.63) is 10.5 Å². The van der Waals surface area contributed by atoms with E-state index in [1.54, 1.807) is 14.1 Å². The lowest BCUT2D eigenvalue weighted by atomic mass is 10.4. The molecule has 0 aliphatic rings. The van der Waals surface area contributed by atoms with Crippen molar-refractivity contribution >= 4 is 17.2 Å². The lowest BCUT2D eigenvalue weighted by Crippen LogP contribution is -2.23. The molecule has 0 aromatic carbocycles. The summed E-state index contributed by atoms with van der Waals surface area (Å²) in [6.45, 7) is 0. The minimum absolute atomic E-state index is 0.0372. The van der Waals surface area contributed by atoms with Crippen molar-refractivity contribution in [2.45, 2.75) is 6.42 Å². The Kier molecular flexibility index (Phi) is 2.53. The largest absolute Gasteiger partial charge is 0.348 e. The summed E-state index contributed by atoms with van der Waals surface area (Å²) >= 11 is 1.27. The second-order valence-electron chi connectivity index (χ2n) is 2.25. The van der Waals surface area contributed by atoms with Gasteiger partial charge in [-0.3, -0.25) is 4.79 Å². The third kappa shape index (κ3) is 2.27. The van der Waals surface area contributed by atoms with E-state index in [1.807, 2.05) is 0 Å². The quantitative estimate of drug-likeness (QED) is 0.626. The van der Waals surface area contributed by atoms with Gasteiger partial charge in [0.2, 0.25) is 5.91 Å². The Morgan fingerprint density at radius 2 is 2.45 bits per heavy atom.